The first-order chi connectivity index (χ1) is 15.0. The zero-order chi connectivity index (χ0) is 22.2. The molecule has 1 N–H and O–H groups in total. The molecule has 4 nitrogen and oxygen atoms in total. The fraction of sp³-hybridized carbons (Fsp3) is 0.346. The SMILES string of the molecule is CCc1ccc(O[C@@H](C)CCOc2ccc(CCC(=O)O)c(C)c2)c(-c2cccs2)c1. The quantitative estimate of drug-likeness (QED) is 0.369. The first kappa shape index (κ1) is 22.9. The fourth-order valence-electron chi connectivity index (χ4n) is 3.42. The molecule has 0 bridgehead atoms. The zero-order valence-corrected chi connectivity index (χ0v) is 19.2. The van der Waals surface area contributed by atoms with Crippen molar-refractivity contribution in [3.8, 4) is 21.9 Å². The Morgan fingerprint density at radius 3 is 2.68 bits per heavy atom. The number of aryl methyl sites for hydroxylation is 3. The summed E-state index contributed by atoms with van der Waals surface area (Å²) in [4.78, 5) is 12.0. The Kier molecular flexibility index (Phi) is 8.13. The third-order valence-electron chi connectivity index (χ3n) is 5.28. The summed E-state index contributed by atoms with van der Waals surface area (Å²) in [7, 11) is 0. The smallest absolute Gasteiger partial charge is 0.303 e. The number of hydrogen-bond acceptors (Lipinski definition) is 4. The molecule has 164 valence electrons. The predicted octanol–water partition coefficient (Wildman–Crippen LogP) is 6.54. The summed E-state index contributed by atoms with van der Waals surface area (Å²) >= 11 is 1.72. The van der Waals surface area contributed by atoms with Gasteiger partial charge in [0.1, 0.15) is 11.5 Å². The first-order valence-electron chi connectivity index (χ1n) is 10.7. The maximum absolute atomic E-state index is 10.8. The van der Waals surface area contributed by atoms with Crippen LogP contribution in [0.2, 0.25) is 0 Å². The molecule has 0 saturated heterocycles. The number of hydrogen-bond donors (Lipinski definition) is 1. The van der Waals surface area contributed by atoms with Crippen LogP contribution in [0, 0.1) is 6.92 Å². The molecule has 31 heavy (non-hydrogen) atoms. The van der Waals surface area contributed by atoms with Crippen LogP contribution >= 0.6 is 11.3 Å². The highest BCUT2D eigenvalue weighted by Gasteiger charge is 2.12. The van der Waals surface area contributed by atoms with Gasteiger partial charge in [-0.2, -0.15) is 0 Å². The van der Waals surface area contributed by atoms with Crippen LogP contribution in [0.4, 0.5) is 0 Å². The van der Waals surface area contributed by atoms with Gasteiger partial charge in [0.15, 0.2) is 0 Å². The van der Waals surface area contributed by atoms with Crippen molar-refractivity contribution in [1.82, 2.24) is 0 Å². The van der Waals surface area contributed by atoms with Crippen molar-refractivity contribution in [2.75, 3.05) is 6.61 Å². The van der Waals surface area contributed by atoms with Crippen molar-refractivity contribution in [3.63, 3.8) is 0 Å². The van der Waals surface area contributed by atoms with E-state index in [1.807, 2.05) is 25.1 Å². The second-order valence-corrected chi connectivity index (χ2v) is 8.66. The Morgan fingerprint density at radius 1 is 1.16 bits per heavy atom. The predicted molar refractivity (Wildman–Crippen MR) is 126 cm³/mol. The van der Waals surface area contributed by atoms with E-state index in [9.17, 15) is 4.79 Å². The summed E-state index contributed by atoms with van der Waals surface area (Å²) in [6, 6.07) is 16.5. The summed E-state index contributed by atoms with van der Waals surface area (Å²) in [5.74, 6) is 0.932. The largest absolute Gasteiger partial charge is 0.493 e. The lowest BCUT2D eigenvalue weighted by Crippen LogP contribution is -2.16. The summed E-state index contributed by atoms with van der Waals surface area (Å²) in [6.45, 7) is 6.77. The Balaban J connectivity index is 1.56. The molecule has 0 radical (unpaired) electrons. The van der Waals surface area contributed by atoms with Crippen molar-refractivity contribution in [3.05, 3.63) is 70.6 Å². The topological polar surface area (TPSA) is 55.8 Å². The summed E-state index contributed by atoms with van der Waals surface area (Å²) in [5, 5.41) is 10.9. The Morgan fingerprint density at radius 2 is 2.00 bits per heavy atom. The number of aliphatic carboxylic acids is 1. The van der Waals surface area contributed by atoms with Gasteiger partial charge in [-0.15, -0.1) is 11.3 Å². The van der Waals surface area contributed by atoms with E-state index in [0.29, 0.717) is 13.0 Å². The summed E-state index contributed by atoms with van der Waals surface area (Å²) in [6.07, 6.45) is 2.45. The molecule has 0 aliphatic carbocycles. The molecule has 0 aliphatic rings. The molecule has 0 amide bonds. The second kappa shape index (κ2) is 11.0. The van der Waals surface area contributed by atoms with E-state index in [-0.39, 0.29) is 12.5 Å². The third-order valence-corrected chi connectivity index (χ3v) is 6.19. The average molecular weight is 439 g/mol. The Labute approximate surface area is 188 Å². The number of benzene rings is 2. The van der Waals surface area contributed by atoms with Crippen LogP contribution in [0.3, 0.4) is 0 Å². The molecule has 0 spiro atoms. The van der Waals surface area contributed by atoms with Gasteiger partial charge in [0.2, 0.25) is 0 Å². The van der Waals surface area contributed by atoms with E-state index in [2.05, 4.69) is 49.6 Å². The van der Waals surface area contributed by atoms with Crippen molar-refractivity contribution < 1.29 is 19.4 Å². The van der Waals surface area contributed by atoms with Gasteiger partial charge in [0.05, 0.1) is 12.7 Å². The van der Waals surface area contributed by atoms with Crippen LogP contribution in [0.15, 0.2) is 53.9 Å². The standard InChI is InChI=1S/C26H30O4S/c1-4-20-7-11-24(23(17-20)25-6-5-15-31-25)30-19(3)13-14-29-22-10-8-21(18(2)16-22)9-12-26(27)28/h5-8,10-11,15-17,19H,4,9,12-14H2,1-3H3,(H,27,28)/t19-/m0/s1. The van der Waals surface area contributed by atoms with Gasteiger partial charge in [-0.3, -0.25) is 4.79 Å². The minimum absolute atomic E-state index is 0.0159. The molecular weight excluding hydrogens is 408 g/mol. The number of carbonyl (C=O) groups is 1. The second-order valence-electron chi connectivity index (χ2n) is 7.71. The molecule has 1 heterocycles. The molecule has 1 atom stereocenters. The van der Waals surface area contributed by atoms with Crippen LogP contribution in [0.5, 0.6) is 11.5 Å². The molecule has 0 saturated carbocycles. The number of ether oxygens (including phenoxy) is 2. The molecule has 2 aromatic carbocycles. The Bertz CT molecular complexity index is 995. The maximum atomic E-state index is 10.8. The van der Waals surface area contributed by atoms with Gasteiger partial charge in [-0.25, -0.2) is 0 Å². The van der Waals surface area contributed by atoms with E-state index in [1.165, 1.54) is 10.4 Å². The summed E-state index contributed by atoms with van der Waals surface area (Å²) in [5.41, 5.74) is 4.55. The normalized spacial score (nSPS) is 11.8. The zero-order valence-electron chi connectivity index (χ0n) is 18.4. The highest BCUT2D eigenvalue weighted by atomic mass is 32.1. The molecule has 3 aromatic rings. The van der Waals surface area contributed by atoms with Gasteiger partial charge < -0.3 is 14.6 Å². The lowest BCUT2D eigenvalue weighted by molar-refractivity contribution is -0.136. The minimum Gasteiger partial charge on any atom is -0.493 e. The van der Waals surface area contributed by atoms with Crippen molar-refractivity contribution >= 4 is 17.3 Å². The number of carboxylic acids is 1. The molecule has 5 heteroatoms. The minimum atomic E-state index is -0.778. The van der Waals surface area contributed by atoms with Gasteiger partial charge in [0, 0.05) is 23.3 Å². The monoisotopic (exact) mass is 438 g/mol. The van der Waals surface area contributed by atoms with Gasteiger partial charge in [0.25, 0.3) is 0 Å². The first-order valence-corrected chi connectivity index (χ1v) is 11.6. The van der Waals surface area contributed by atoms with E-state index in [4.69, 9.17) is 14.6 Å². The highest BCUT2D eigenvalue weighted by Crippen LogP contribution is 2.35. The molecule has 0 fully saturated rings. The number of carboxylic acid groups (broad SMARTS) is 1. The van der Waals surface area contributed by atoms with E-state index in [1.54, 1.807) is 11.3 Å². The fourth-order valence-corrected chi connectivity index (χ4v) is 4.17. The molecular formula is C26H30O4S. The third kappa shape index (κ3) is 6.59. The number of thiophene rings is 1. The maximum Gasteiger partial charge on any atom is 0.303 e. The lowest BCUT2D eigenvalue weighted by Gasteiger charge is -2.18. The molecule has 0 aliphatic heterocycles. The van der Waals surface area contributed by atoms with Crippen LogP contribution < -0.4 is 9.47 Å². The van der Waals surface area contributed by atoms with Crippen LogP contribution in [-0.4, -0.2) is 23.8 Å². The van der Waals surface area contributed by atoms with E-state index >= 15 is 0 Å². The van der Waals surface area contributed by atoms with E-state index in [0.717, 1.165) is 41.0 Å². The molecule has 3 rings (SSSR count). The average Bonchev–Trinajstić information content (AvgIpc) is 3.28. The van der Waals surface area contributed by atoms with E-state index < -0.39 is 5.97 Å². The van der Waals surface area contributed by atoms with Crippen LogP contribution in [-0.2, 0) is 17.6 Å². The van der Waals surface area contributed by atoms with Gasteiger partial charge in [-0.05, 0) is 79.1 Å². The Hall–Kier alpha value is -2.79. The van der Waals surface area contributed by atoms with Crippen molar-refractivity contribution in [2.45, 2.75) is 52.6 Å². The highest BCUT2D eigenvalue weighted by molar-refractivity contribution is 7.13. The summed E-state index contributed by atoms with van der Waals surface area (Å²) < 4.78 is 12.2. The van der Waals surface area contributed by atoms with Crippen LogP contribution in [0.1, 0.15) is 43.4 Å². The van der Waals surface area contributed by atoms with Gasteiger partial charge in [-0.1, -0.05) is 25.1 Å². The lowest BCUT2D eigenvalue weighted by atomic mass is 10.0. The molecule has 1 aromatic heterocycles. The van der Waals surface area contributed by atoms with Crippen LogP contribution in [0.25, 0.3) is 10.4 Å². The van der Waals surface area contributed by atoms with Gasteiger partial charge >= 0.3 is 5.97 Å². The van der Waals surface area contributed by atoms with Crippen molar-refractivity contribution in [2.24, 2.45) is 0 Å². The molecule has 0 unspecified atom stereocenters. The number of rotatable bonds is 11. The van der Waals surface area contributed by atoms with Crippen molar-refractivity contribution in [1.29, 1.82) is 0 Å².